The standard InChI is InChI=1S/C7H8O2P/c1-6-3-2-4-7(5-6)9-10-8/h2-5,10H,1H3/q+1. The molecule has 0 N–H and O–H groups in total. The van der Waals surface area contributed by atoms with E-state index in [2.05, 4.69) is 0 Å². The van der Waals surface area contributed by atoms with Gasteiger partial charge in [0, 0.05) is 0 Å². The normalized spacial score (nSPS) is 9.70. The number of aryl methyl sites for hydroxylation is 1. The first-order chi connectivity index (χ1) is 4.83. The van der Waals surface area contributed by atoms with Crippen molar-refractivity contribution in [3.8, 4) is 5.75 Å². The van der Waals surface area contributed by atoms with Gasteiger partial charge >= 0.3 is 8.69 Å². The minimum Gasteiger partial charge on any atom is -0.256 e. The van der Waals surface area contributed by atoms with Gasteiger partial charge in [-0.05, 0) is 29.2 Å². The molecule has 0 bridgehead atoms. The molecular weight excluding hydrogens is 147 g/mol. The van der Waals surface area contributed by atoms with E-state index < -0.39 is 8.69 Å². The van der Waals surface area contributed by atoms with Crippen LogP contribution in [0.1, 0.15) is 5.56 Å². The van der Waals surface area contributed by atoms with Crippen LogP contribution in [0.3, 0.4) is 0 Å². The Labute approximate surface area is 61.1 Å². The molecule has 52 valence electrons. The first kappa shape index (κ1) is 7.23. The molecule has 1 unspecified atom stereocenters. The number of benzene rings is 1. The summed E-state index contributed by atoms with van der Waals surface area (Å²) in [6, 6.07) is 7.44. The van der Waals surface area contributed by atoms with Gasteiger partial charge in [0.15, 0.2) is 5.75 Å². The SMILES string of the molecule is Cc1cccc(O[PH+]=O)c1. The molecule has 10 heavy (non-hydrogen) atoms. The highest BCUT2D eigenvalue weighted by Gasteiger charge is 1.95. The van der Waals surface area contributed by atoms with Crippen molar-refractivity contribution in [3.63, 3.8) is 0 Å². The Morgan fingerprint density at radius 3 is 2.90 bits per heavy atom. The molecule has 1 rings (SSSR count). The molecule has 0 radical (unpaired) electrons. The highest BCUT2D eigenvalue weighted by atomic mass is 31.1. The fraction of sp³-hybridized carbons (Fsp3) is 0.143. The highest BCUT2D eigenvalue weighted by Crippen LogP contribution is 2.15. The summed E-state index contributed by atoms with van der Waals surface area (Å²) in [6.45, 7) is 1.96. The van der Waals surface area contributed by atoms with E-state index in [4.69, 9.17) is 4.52 Å². The summed E-state index contributed by atoms with van der Waals surface area (Å²) < 4.78 is 14.8. The third-order valence-electron chi connectivity index (χ3n) is 1.15. The lowest BCUT2D eigenvalue weighted by atomic mass is 10.2. The lowest BCUT2D eigenvalue weighted by Crippen LogP contribution is -1.75. The van der Waals surface area contributed by atoms with E-state index in [0.29, 0.717) is 5.75 Å². The maximum atomic E-state index is 10.0. The summed E-state index contributed by atoms with van der Waals surface area (Å²) in [5.74, 6) is 0.660. The Kier molecular flexibility index (Phi) is 2.41. The quantitative estimate of drug-likeness (QED) is 0.612. The molecular formula is C7H8O2P+. The van der Waals surface area contributed by atoms with Gasteiger partial charge in [-0.2, -0.15) is 0 Å². The zero-order valence-electron chi connectivity index (χ0n) is 5.63. The van der Waals surface area contributed by atoms with Crippen LogP contribution in [0.4, 0.5) is 0 Å². The lowest BCUT2D eigenvalue weighted by Gasteiger charge is -1.90. The van der Waals surface area contributed by atoms with Crippen LogP contribution in [0.2, 0.25) is 0 Å². The molecule has 0 fully saturated rings. The Morgan fingerprint density at radius 1 is 1.50 bits per heavy atom. The summed E-state index contributed by atoms with van der Waals surface area (Å²) >= 11 is 0. The predicted octanol–water partition coefficient (Wildman–Crippen LogP) is 2.31. The van der Waals surface area contributed by atoms with Gasteiger partial charge in [0.25, 0.3) is 0 Å². The smallest absolute Gasteiger partial charge is 0.256 e. The molecule has 3 heteroatoms. The third kappa shape index (κ3) is 1.82. The van der Waals surface area contributed by atoms with Crippen LogP contribution < -0.4 is 4.52 Å². The fourth-order valence-electron chi connectivity index (χ4n) is 0.727. The average Bonchev–Trinajstić information content (AvgIpc) is 1.88. The topological polar surface area (TPSA) is 26.3 Å². The number of hydrogen-bond donors (Lipinski definition) is 0. The second kappa shape index (κ2) is 3.33. The molecule has 0 heterocycles. The summed E-state index contributed by atoms with van der Waals surface area (Å²) in [7, 11) is -0.718. The van der Waals surface area contributed by atoms with Crippen molar-refractivity contribution >= 4 is 8.69 Å². The minimum atomic E-state index is -0.718. The Hall–Kier alpha value is -0.880. The van der Waals surface area contributed by atoms with E-state index in [-0.39, 0.29) is 0 Å². The van der Waals surface area contributed by atoms with Crippen LogP contribution >= 0.6 is 8.69 Å². The third-order valence-corrected chi connectivity index (χ3v) is 1.47. The van der Waals surface area contributed by atoms with Crippen molar-refractivity contribution in [1.82, 2.24) is 0 Å². The first-order valence-electron chi connectivity index (χ1n) is 2.93. The Bertz CT molecular complexity index is 235. The molecule has 0 aliphatic rings. The van der Waals surface area contributed by atoms with Gasteiger partial charge in [-0.25, -0.2) is 0 Å². The maximum absolute atomic E-state index is 10.0. The zero-order valence-corrected chi connectivity index (χ0v) is 6.63. The van der Waals surface area contributed by atoms with Crippen LogP contribution in [-0.4, -0.2) is 0 Å². The first-order valence-corrected chi connectivity index (χ1v) is 3.75. The molecule has 2 nitrogen and oxygen atoms in total. The Morgan fingerprint density at radius 2 is 2.30 bits per heavy atom. The molecule has 0 saturated heterocycles. The van der Waals surface area contributed by atoms with Gasteiger partial charge in [0.1, 0.15) is 0 Å². The van der Waals surface area contributed by atoms with E-state index in [1.165, 1.54) is 0 Å². The average molecular weight is 155 g/mol. The monoisotopic (exact) mass is 155 g/mol. The summed E-state index contributed by atoms with van der Waals surface area (Å²) in [5.41, 5.74) is 1.11. The van der Waals surface area contributed by atoms with E-state index in [1.807, 2.05) is 25.1 Å². The molecule has 0 aliphatic heterocycles. The second-order valence-electron chi connectivity index (χ2n) is 2.00. The van der Waals surface area contributed by atoms with Crippen LogP contribution in [0.25, 0.3) is 0 Å². The summed E-state index contributed by atoms with van der Waals surface area (Å²) in [6.07, 6.45) is 0. The summed E-state index contributed by atoms with van der Waals surface area (Å²) in [4.78, 5) is 0. The number of rotatable bonds is 2. The van der Waals surface area contributed by atoms with Crippen molar-refractivity contribution in [1.29, 1.82) is 0 Å². The van der Waals surface area contributed by atoms with Crippen molar-refractivity contribution in [2.75, 3.05) is 0 Å². The highest BCUT2D eigenvalue weighted by molar-refractivity contribution is 7.17. The van der Waals surface area contributed by atoms with Crippen molar-refractivity contribution in [3.05, 3.63) is 29.8 Å². The van der Waals surface area contributed by atoms with Crippen molar-refractivity contribution < 1.29 is 9.09 Å². The largest absolute Gasteiger partial charge is 0.542 e. The zero-order chi connectivity index (χ0) is 7.40. The molecule has 0 aliphatic carbocycles. The van der Waals surface area contributed by atoms with Gasteiger partial charge in [-0.1, -0.05) is 12.1 Å². The van der Waals surface area contributed by atoms with E-state index in [0.717, 1.165) is 5.56 Å². The second-order valence-corrected chi connectivity index (χ2v) is 2.37. The van der Waals surface area contributed by atoms with Crippen molar-refractivity contribution in [2.45, 2.75) is 6.92 Å². The van der Waals surface area contributed by atoms with Gasteiger partial charge < -0.3 is 0 Å². The Balaban J connectivity index is 2.84. The van der Waals surface area contributed by atoms with E-state index >= 15 is 0 Å². The molecule has 0 saturated carbocycles. The lowest BCUT2D eigenvalue weighted by molar-refractivity contribution is 0.525. The molecule has 1 aromatic rings. The molecule has 0 aromatic heterocycles. The maximum Gasteiger partial charge on any atom is 0.542 e. The van der Waals surface area contributed by atoms with Crippen LogP contribution in [0, 0.1) is 6.92 Å². The summed E-state index contributed by atoms with van der Waals surface area (Å²) in [5, 5.41) is 0. The molecule has 0 spiro atoms. The molecule has 1 atom stereocenters. The fourth-order valence-corrected chi connectivity index (χ4v) is 0.950. The predicted molar refractivity (Wildman–Crippen MR) is 40.8 cm³/mol. The van der Waals surface area contributed by atoms with Crippen molar-refractivity contribution in [2.24, 2.45) is 0 Å². The number of hydrogen-bond acceptors (Lipinski definition) is 2. The van der Waals surface area contributed by atoms with Gasteiger partial charge in [0.05, 0.1) is 0 Å². The minimum absolute atomic E-state index is 0.660. The van der Waals surface area contributed by atoms with Crippen LogP contribution in [0.5, 0.6) is 5.75 Å². The molecule has 1 aromatic carbocycles. The van der Waals surface area contributed by atoms with E-state index in [9.17, 15) is 4.57 Å². The molecule has 0 amide bonds. The van der Waals surface area contributed by atoms with Gasteiger partial charge in [0.2, 0.25) is 0 Å². The van der Waals surface area contributed by atoms with Gasteiger partial charge in [-0.15, -0.1) is 0 Å². The van der Waals surface area contributed by atoms with Gasteiger partial charge in [-0.3, -0.25) is 4.52 Å². The van der Waals surface area contributed by atoms with Crippen LogP contribution in [0.15, 0.2) is 24.3 Å². The van der Waals surface area contributed by atoms with Crippen LogP contribution in [-0.2, 0) is 4.57 Å². The van der Waals surface area contributed by atoms with E-state index in [1.54, 1.807) is 6.07 Å².